The molecular formula is C19H20ClN3O3. The Kier molecular flexibility index (Phi) is 6.09. The molecular weight excluding hydrogens is 354 g/mol. The summed E-state index contributed by atoms with van der Waals surface area (Å²) in [6.45, 7) is 1.40. The van der Waals surface area contributed by atoms with Crippen LogP contribution < -0.4 is 14.8 Å². The van der Waals surface area contributed by atoms with Gasteiger partial charge in [0.25, 0.3) is 0 Å². The number of methoxy groups -OCH3 is 2. The third-order valence-corrected chi connectivity index (χ3v) is 4.08. The summed E-state index contributed by atoms with van der Waals surface area (Å²) in [5, 5.41) is 8.04. The minimum Gasteiger partial charge on any atom is -0.497 e. The highest BCUT2D eigenvalue weighted by atomic mass is 35.5. The molecule has 0 aliphatic heterocycles. The molecule has 3 aromatic rings. The van der Waals surface area contributed by atoms with Gasteiger partial charge in [0.05, 0.1) is 14.2 Å². The van der Waals surface area contributed by atoms with Crippen LogP contribution in [0.15, 0.2) is 47.0 Å². The SMILES string of the molecule is COc1cc(CNCCc2nc(-c3ccc(Cl)cc3)no2)cc(OC)c1. The highest BCUT2D eigenvalue weighted by molar-refractivity contribution is 6.30. The number of benzene rings is 2. The van der Waals surface area contributed by atoms with Crippen molar-refractivity contribution < 1.29 is 14.0 Å². The summed E-state index contributed by atoms with van der Waals surface area (Å²) in [6.07, 6.45) is 0.641. The van der Waals surface area contributed by atoms with Gasteiger partial charge in [0.15, 0.2) is 0 Å². The molecule has 1 N–H and O–H groups in total. The molecule has 0 radical (unpaired) electrons. The lowest BCUT2D eigenvalue weighted by Crippen LogP contribution is -2.16. The first-order valence-corrected chi connectivity index (χ1v) is 8.57. The van der Waals surface area contributed by atoms with Crippen LogP contribution in [0.3, 0.4) is 0 Å². The number of aromatic nitrogens is 2. The van der Waals surface area contributed by atoms with Crippen molar-refractivity contribution >= 4 is 11.6 Å². The Bertz CT molecular complexity index is 827. The average molecular weight is 374 g/mol. The zero-order valence-corrected chi connectivity index (χ0v) is 15.4. The Morgan fingerprint density at radius 1 is 1.04 bits per heavy atom. The molecule has 0 aliphatic rings. The molecule has 0 bridgehead atoms. The van der Waals surface area contributed by atoms with Gasteiger partial charge in [0.2, 0.25) is 11.7 Å². The van der Waals surface area contributed by atoms with Gasteiger partial charge in [-0.3, -0.25) is 0 Å². The van der Waals surface area contributed by atoms with E-state index in [4.69, 9.17) is 25.6 Å². The maximum absolute atomic E-state index is 5.89. The molecule has 3 rings (SSSR count). The van der Waals surface area contributed by atoms with Crippen molar-refractivity contribution in [2.45, 2.75) is 13.0 Å². The maximum atomic E-state index is 5.89. The van der Waals surface area contributed by atoms with Crippen LogP contribution in [0.4, 0.5) is 0 Å². The Balaban J connectivity index is 1.52. The first-order valence-electron chi connectivity index (χ1n) is 8.19. The van der Waals surface area contributed by atoms with E-state index >= 15 is 0 Å². The zero-order chi connectivity index (χ0) is 18.4. The first kappa shape index (κ1) is 18.2. The smallest absolute Gasteiger partial charge is 0.228 e. The molecule has 0 aliphatic carbocycles. The Labute approximate surface area is 157 Å². The Morgan fingerprint density at radius 2 is 1.73 bits per heavy atom. The van der Waals surface area contributed by atoms with Crippen LogP contribution in [-0.4, -0.2) is 30.9 Å². The van der Waals surface area contributed by atoms with E-state index in [0.717, 1.165) is 22.6 Å². The van der Waals surface area contributed by atoms with Crippen molar-refractivity contribution in [1.29, 1.82) is 0 Å². The van der Waals surface area contributed by atoms with E-state index in [1.807, 2.05) is 30.3 Å². The van der Waals surface area contributed by atoms with Gasteiger partial charge in [-0.25, -0.2) is 0 Å². The number of nitrogens with one attached hydrogen (secondary N) is 1. The van der Waals surface area contributed by atoms with Crippen molar-refractivity contribution in [3.63, 3.8) is 0 Å². The fraction of sp³-hybridized carbons (Fsp3) is 0.263. The third-order valence-electron chi connectivity index (χ3n) is 3.83. The van der Waals surface area contributed by atoms with E-state index in [9.17, 15) is 0 Å². The monoisotopic (exact) mass is 373 g/mol. The summed E-state index contributed by atoms with van der Waals surface area (Å²) < 4.78 is 15.9. The van der Waals surface area contributed by atoms with Gasteiger partial charge in [-0.05, 0) is 42.0 Å². The van der Waals surface area contributed by atoms with E-state index in [2.05, 4.69) is 15.5 Å². The minimum absolute atomic E-state index is 0.564. The number of halogens is 1. The largest absolute Gasteiger partial charge is 0.497 e. The normalized spacial score (nSPS) is 10.7. The molecule has 7 heteroatoms. The predicted molar refractivity (Wildman–Crippen MR) is 99.7 cm³/mol. The number of rotatable bonds is 8. The van der Waals surface area contributed by atoms with Gasteiger partial charge in [-0.2, -0.15) is 4.98 Å². The summed E-state index contributed by atoms with van der Waals surface area (Å²) in [7, 11) is 3.28. The molecule has 1 heterocycles. The van der Waals surface area contributed by atoms with Crippen molar-refractivity contribution in [2.75, 3.05) is 20.8 Å². The molecule has 0 saturated carbocycles. The number of hydrogen-bond donors (Lipinski definition) is 1. The van der Waals surface area contributed by atoms with Gasteiger partial charge in [0.1, 0.15) is 11.5 Å². The van der Waals surface area contributed by atoms with Crippen LogP contribution in [0.5, 0.6) is 11.5 Å². The predicted octanol–water partition coefficient (Wildman–Crippen LogP) is 3.74. The first-order chi connectivity index (χ1) is 12.7. The van der Waals surface area contributed by atoms with Gasteiger partial charge >= 0.3 is 0 Å². The summed E-state index contributed by atoms with van der Waals surface area (Å²) in [6, 6.07) is 13.1. The van der Waals surface area contributed by atoms with Crippen LogP contribution in [-0.2, 0) is 13.0 Å². The van der Waals surface area contributed by atoms with Crippen molar-refractivity contribution in [3.8, 4) is 22.9 Å². The van der Waals surface area contributed by atoms with Gasteiger partial charge < -0.3 is 19.3 Å². The standard InChI is InChI=1S/C19H20ClN3O3/c1-24-16-9-13(10-17(11-16)25-2)12-21-8-7-18-22-19(23-26-18)14-3-5-15(20)6-4-14/h3-6,9-11,21H,7-8,12H2,1-2H3. The van der Waals surface area contributed by atoms with E-state index in [-0.39, 0.29) is 0 Å². The van der Waals surface area contributed by atoms with Crippen LogP contribution in [0.25, 0.3) is 11.4 Å². The second kappa shape index (κ2) is 8.69. The lowest BCUT2D eigenvalue weighted by Gasteiger charge is -2.09. The summed E-state index contributed by atoms with van der Waals surface area (Å²) >= 11 is 5.89. The fourth-order valence-electron chi connectivity index (χ4n) is 2.47. The number of ether oxygens (including phenoxy) is 2. The summed E-state index contributed by atoms with van der Waals surface area (Å²) in [5.41, 5.74) is 1.95. The lowest BCUT2D eigenvalue weighted by atomic mass is 10.2. The highest BCUT2D eigenvalue weighted by Crippen LogP contribution is 2.22. The second-order valence-electron chi connectivity index (χ2n) is 5.67. The van der Waals surface area contributed by atoms with Crippen molar-refractivity contribution in [2.24, 2.45) is 0 Å². The molecule has 0 amide bonds. The number of hydrogen-bond acceptors (Lipinski definition) is 6. The van der Waals surface area contributed by atoms with E-state index < -0.39 is 0 Å². The Hall–Kier alpha value is -2.57. The molecule has 0 unspecified atom stereocenters. The lowest BCUT2D eigenvalue weighted by molar-refractivity contribution is 0.376. The van der Waals surface area contributed by atoms with Gasteiger partial charge in [-0.15, -0.1) is 0 Å². The molecule has 0 fully saturated rings. The molecule has 136 valence electrons. The molecule has 2 aromatic carbocycles. The highest BCUT2D eigenvalue weighted by Gasteiger charge is 2.08. The molecule has 0 spiro atoms. The van der Waals surface area contributed by atoms with E-state index in [1.54, 1.807) is 26.4 Å². The van der Waals surface area contributed by atoms with Gasteiger partial charge in [-0.1, -0.05) is 16.8 Å². The van der Waals surface area contributed by atoms with Crippen LogP contribution in [0.2, 0.25) is 5.02 Å². The molecule has 0 atom stereocenters. The van der Waals surface area contributed by atoms with E-state index in [0.29, 0.717) is 36.2 Å². The summed E-state index contributed by atoms with van der Waals surface area (Å²) in [4.78, 5) is 4.41. The van der Waals surface area contributed by atoms with Crippen molar-refractivity contribution in [1.82, 2.24) is 15.5 Å². The molecule has 26 heavy (non-hydrogen) atoms. The van der Waals surface area contributed by atoms with Gasteiger partial charge in [0, 0.05) is 36.2 Å². The Morgan fingerprint density at radius 3 is 2.38 bits per heavy atom. The topological polar surface area (TPSA) is 69.4 Å². The molecule has 6 nitrogen and oxygen atoms in total. The van der Waals surface area contributed by atoms with Crippen LogP contribution in [0, 0.1) is 0 Å². The quantitative estimate of drug-likeness (QED) is 0.606. The number of nitrogens with zero attached hydrogens (tertiary/aromatic N) is 2. The molecule has 1 aromatic heterocycles. The average Bonchev–Trinajstić information content (AvgIpc) is 3.14. The van der Waals surface area contributed by atoms with Crippen LogP contribution in [0.1, 0.15) is 11.5 Å². The third kappa shape index (κ3) is 4.74. The van der Waals surface area contributed by atoms with E-state index in [1.165, 1.54) is 0 Å². The fourth-order valence-corrected chi connectivity index (χ4v) is 2.60. The van der Waals surface area contributed by atoms with Crippen LogP contribution >= 0.6 is 11.6 Å². The zero-order valence-electron chi connectivity index (χ0n) is 14.7. The second-order valence-corrected chi connectivity index (χ2v) is 6.10. The maximum Gasteiger partial charge on any atom is 0.228 e. The van der Waals surface area contributed by atoms with Crippen molar-refractivity contribution in [3.05, 3.63) is 58.9 Å². The summed E-state index contributed by atoms with van der Waals surface area (Å²) in [5.74, 6) is 2.69. The minimum atomic E-state index is 0.564. The molecule has 0 saturated heterocycles.